The second kappa shape index (κ2) is 8.26. The van der Waals surface area contributed by atoms with E-state index in [4.69, 9.17) is 4.74 Å². The fourth-order valence-electron chi connectivity index (χ4n) is 4.06. The fraction of sp³-hybridized carbons (Fsp3) is 0.375. The number of aromatic nitrogens is 2. The molecule has 0 bridgehead atoms. The quantitative estimate of drug-likeness (QED) is 0.577. The molecular weight excluding hydrogens is 396 g/mol. The Hall–Kier alpha value is -2.60. The van der Waals surface area contributed by atoms with Crippen LogP contribution >= 0.6 is 0 Å². The second-order valence-corrected chi connectivity index (χ2v) is 10.4. The molecule has 1 saturated carbocycles. The Morgan fingerprint density at radius 2 is 1.87 bits per heavy atom. The van der Waals surface area contributed by atoms with E-state index >= 15 is 0 Å². The van der Waals surface area contributed by atoms with E-state index in [1.165, 1.54) is 31.9 Å². The van der Waals surface area contributed by atoms with E-state index in [1.54, 1.807) is 18.3 Å². The molecule has 1 aliphatic rings. The summed E-state index contributed by atoms with van der Waals surface area (Å²) in [6.45, 7) is 3.99. The topological polar surface area (TPSA) is 72.0 Å². The van der Waals surface area contributed by atoms with Crippen molar-refractivity contribution in [1.29, 1.82) is 0 Å². The highest BCUT2D eigenvalue weighted by atomic mass is 32.2. The van der Waals surface area contributed by atoms with Crippen molar-refractivity contribution in [2.45, 2.75) is 50.5 Å². The lowest BCUT2D eigenvalue weighted by Gasteiger charge is -2.11. The molecule has 6 heteroatoms. The van der Waals surface area contributed by atoms with Crippen molar-refractivity contribution in [3.63, 3.8) is 0 Å². The Balaban J connectivity index is 1.76. The van der Waals surface area contributed by atoms with Crippen molar-refractivity contribution in [3.8, 4) is 5.75 Å². The lowest BCUT2D eigenvalue weighted by molar-refractivity contribution is 0.242. The highest BCUT2D eigenvalue weighted by molar-refractivity contribution is 7.90. The molecule has 158 valence electrons. The van der Waals surface area contributed by atoms with Crippen molar-refractivity contribution < 1.29 is 13.2 Å². The Labute approximate surface area is 178 Å². The van der Waals surface area contributed by atoms with Crippen LogP contribution in [0.5, 0.6) is 5.75 Å². The first-order chi connectivity index (χ1) is 14.3. The summed E-state index contributed by atoms with van der Waals surface area (Å²) in [6.07, 6.45) is 10.3. The van der Waals surface area contributed by atoms with Crippen LogP contribution in [0.1, 0.15) is 50.8 Å². The van der Waals surface area contributed by atoms with Gasteiger partial charge in [-0.15, -0.1) is 0 Å². The largest absolute Gasteiger partial charge is 0.489 e. The molecule has 0 spiro atoms. The highest BCUT2D eigenvalue weighted by Crippen LogP contribution is 2.33. The van der Waals surface area contributed by atoms with Gasteiger partial charge in [0.05, 0.1) is 17.2 Å². The minimum absolute atomic E-state index is 0.0915. The molecule has 0 saturated heterocycles. The maximum Gasteiger partial charge on any atom is 0.175 e. The van der Waals surface area contributed by atoms with Gasteiger partial charge in [0.25, 0.3) is 0 Å². The Bertz CT molecular complexity index is 1170. The van der Waals surface area contributed by atoms with Crippen LogP contribution in [-0.4, -0.2) is 30.7 Å². The summed E-state index contributed by atoms with van der Waals surface area (Å²) in [7, 11) is -3.22. The van der Waals surface area contributed by atoms with E-state index in [-0.39, 0.29) is 6.10 Å². The first kappa shape index (κ1) is 20.7. The molecule has 1 aliphatic carbocycles. The van der Waals surface area contributed by atoms with Gasteiger partial charge in [-0.1, -0.05) is 31.1 Å². The van der Waals surface area contributed by atoms with Crippen molar-refractivity contribution in [3.05, 3.63) is 59.9 Å². The molecule has 2 aromatic heterocycles. The summed E-state index contributed by atoms with van der Waals surface area (Å²) in [5, 5.41) is 0.994. The van der Waals surface area contributed by atoms with Crippen molar-refractivity contribution in [1.82, 2.24) is 9.97 Å². The molecule has 0 atom stereocenters. The van der Waals surface area contributed by atoms with Crippen molar-refractivity contribution >= 4 is 26.4 Å². The summed E-state index contributed by atoms with van der Waals surface area (Å²) in [5.74, 6) is 1.29. The molecule has 5 nitrogen and oxygen atoms in total. The number of rotatable bonds is 6. The highest BCUT2D eigenvalue weighted by Gasteiger charge is 2.17. The van der Waals surface area contributed by atoms with Gasteiger partial charge in [-0.2, -0.15) is 0 Å². The zero-order valence-corrected chi connectivity index (χ0v) is 18.5. The minimum atomic E-state index is -3.22. The maximum atomic E-state index is 11.8. The summed E-state index contributed by atoms with van der Waals surface area (Å²) in [6, 6.07) is 11.3. The molecule has 1 aromatic carbocycles. The number of ether oxygens (including phenoxy) is 1. The average Bonchev–Trinajstić information content (AvgIpc) is 3.34. The Morgan fingerprint density at radius 1 is 1.17 bits per heavy atom. The van der Waals surface area contributed by atoms with Crippen LogP contribution in [0, 0.1) is 5.92 Å². The van der Waals surface area contributed by atoms with Crippen LogP contribution in [0.2, 0.25) is 0 Å². The standard InChI is InChI=1S/C24H28N2O3S/c1-16(2)29-20-13-19-14-23(26-24(19)25-15-20)22(12-17-6-4-5-7-17)18-8-10-21(11-9-18)30(3,27)28/h8-17H,4-7H2,1-3H3,(H,25,26)/b22-12+. The number of H-pyrrole nitrogens is 1. The Kier molecular flexibility index (Phi) is 5.69. The number of fused-ring (bicyclic) bond motifs is 1. The van der Waals surface area contributed by atoms with Gasteiger partial charge in [0.1, 0.15) is 11.4 Å². The molecule has 1 fully saturated rings. The van der Waals surface area contributed by atoms with Gasteiger partial charge >= 0.3 is 0 Å². The van der Waals surface area contributed by atoms with E-state index in [9.17, 15) is 8.42 Å². The third kappa shape index (κ3) is 4.59. The maximum absolute atomic E-state index is 11.8. The predicted octanol–water partition coefficient (Wildman–Crippen LogP) is 5.38. The van der Waals surface area contributed by atoms with Gasteiger partial charge in [0.2, 0.25) is 0 Å². The number of hydrogen-bond acceptors (Lipinski definition) is 4. The van der Waals surface area contributed by atoms with Gasteiger partial charge in [-0.05, 0) is 62.4 Å². The number of sulfone groups is 1. The fourth-order valence-corrected chi connectivity index (χ4v) is 4.69. The molecule has 0 amide bonds. The third-order valence-corrected chi connectivity index (χ3v) is 6.63. The number of allylic oxidation sites excluding steroid dienone is 1. The molecule has 0 aliphatic heterocycles. The van der Waals surface area contributed by atoms with Gasteiger partial charge in [-0.25, -0.2) is 13.4 Å². The van der Waals surface area contributed by atoms with Gasteiger partial charge in [0.15, 0.2) is 9.84 Å². The molecule has 30 heavy (non-hydrogen) atoms. The predicted molar refractivity (Wildman–Crippen MR) is 120 cm³/mol. The second-order valence-electron chi connectivity index (χ2n) is 8.38. The van der Waals surface area contributed by atoms with Gasteiger partial charge in [0, 0.05) is 22.9 Å². The summed E-state index contributed by atoms with van der Waals surface area (Å²) in [4.78, 5) is 8.30. The number of benzene rings is 1. The number of pyridine rings is 1. The van der Waals surface area contributed by atoms with E-state index in [0.717, 1.165) is 33.6 Å². The molecule has 0 radical (unpaired) electrons. The number of hydrogen-bond donors (Lipinski definition) is 1. The summed E-state index contributed by atoms with van der Waals surface area (Å²) < 4.78 is 29.5. The molecule has 2 heterocycles. The van der Waals surface area contributed by atoms with E-state index in [1.807, 2.05) is 32.0 Å². The minimum Gasteiger partial charge on any atom is -0.489 e. The first-order valence-corrected chi connectivity index (χ1v) is 12.4. The summed E-state index contributed by atoms with van der Waals surface area (Å²) in [5.41, 5.74) is 3.88. The monoisotopic (exact) mass is 424 g/mol. The van der Waals surface area contributed by atoms with Crippen LogP contribution in [0.4, 0.5) is 0 Å². The first-order valence-electron chi connectivity index (χ1n) is 10.5. The SMILES string of the molecule is CC(C)Oc1cnc2[nH]c(/C(=C/C3CCCC3)c3ccc(S(C)(=O)=O)cc3)cc2c1. The third-order valence-electron chi connectivity index (χ3n) is 5.50. The molecule has 0 unspecified atom stereocenters. The molecule has 1 N–H and O–H groups in total. The lowest BCUT2D eigenvalue weighted by atomic mass is 9.96. The van der Waals surface area contributed by atoms with E-state index in [2.05, 4.69) is 22.1 Å². The molecular formula is C24H28N2O3S. The zero-order chi connectivity index (χ0) is 21.3. The number of aromatic amines is 1. The normalized spacial score (nSPS) is 15.9. The van der Waals surface area contributed by atoms with Gasteiger partial charge in [-0.3, -0.25) is 0 Å². The lowest BCUT2D eigenvalue weighted by Crippen LogP contribution is -2.05. The van der Waals surface area contributed by atoms with E-state index in [0.29, 0.717) is 10.8 Å². The van der Waals surface area contributed by atoms with Crippen LogP contribution in [0.15, 0.2) is 53.6 Å². The van der Waals surface area contributed by atoms with Crippen LogP contribution in [0.25, 0.3) is 16.6 Å². The van der Waals surface area contributed by atoms with E-state index < -0.39 is 9.84 Å². The Morgan fingerprint density at radius 3 is 2.50 bits per heavy atom. The van der Waals surface area contributed by atoms with Gasteiger partial charge < -0.3 is 9.72 Å². The number of nitrogens with zero attached hydrogens (tertiary/aromatic N) is 1. The van der Waals surface area contributed by atoms with Crippen LogP contribution in [0.3, 0.4) is 0 Å². The smallest absolute Gasteiger partial charge is 0.175 e. The molecule has 4 rings (SSSR count). The van der Waals surface area contributed by atoms with Crippen molar-refractivity contribution in [2.24, 2.45) is 5.92 Å². The van der Waals surface area contributed by atoms with Crippen LogP contribution < -0.4 is 4.74 Å². The van der Waals surface area contributed by atoms with Crippen LogP contribution in [-0.2, 0) is 9.84 Å². The van der Waals surface area contributed by atoms with Crippen molar-refractivity contribution in [2.75, 3.05) is 6.26 Å². The average molecular weight is 425 g/mol. The number of nitrogens with one attached hydrogen (secondary N) is 1. The summed E-state index contributed by atoms with van der Waals surface area (Å²) >= 11 is 0. The molecule has 3 aromatic rings. The zero-order valence-electron chi connectivity index (χ0n) is 17.7.